The highest BCUT2D eigenvalue weighted by Gasteiger charge is 2.42. The molecule has 1 aliphatic heterocycles. The third-order valence-electron chi connectivity index (χ3n) is 5.81. The molecule has 4 heteroatoms. The summed E-state index contributed by atoms with van der Waals surface area (Å²) in [6, 6.07) is 9.12. The molecule has 134 valence electrons. The standard InChI is InChI=1S/C22H28N3Si/c1-15-8-10-18-21(26(6,7)19-12-23-14-25(18)19)20(15)17-11-9-16(13-24(17)5)22(2,3)4/h8-14H,1-7H3/q+1. The molecule has 26 heavy (non-hydrogen) atoms. The van der Waals surface area contributed by atoms with Gasteiger partial charge < -0.3 is 4.57 Å². The molecule has 4 rings (SSSR count). The highest BCUT2D eigenvalue weighted by atomic mass is 28.3. The van der Waals surface area contributed by atoms with Gasteiger partial charge in [0.25, 0.3) is 0 Å². The van der Waals surface area contributed by atoms with E-state index in [1.807, 2.05) is 6.33 Å². The van der Waals surface area contributed by atoms with Crippen LogP contribution in [0.5, 0.6) is 0 Å². The molecule has 0 unspecified atom stereocenters. The van der Waals surface area contributed by atoms with E-state index in [1.54, 1.807) is 0 Å². The Morgan fingerprint density at radius 1 is 1.08 bits per heavy atom. The molecular weight excluding hydrogens is 334 g/mol. The van der Waals surface area contributed by atoms with Gasteiger partial charge in [-0.25, -0.2) is 9.55 Å². The van der Waals surface area contributed by atoms with Crippen molar-refractivity contribution in [1.82, 2.24) is 9.55 Å². The highest BCUT2D eigenvalue weighted by Crippen LogP contribution is 2.30. The fourth-order valence-corrected chi connectivity index (χ4v) is 7.48. The van der Waals surface area contributed by atoms with Crippen LogP contribution in [0.1, 0.15) is 31.9 Å². The van der Waals surface area contributed by atoms with Gasteiger partial charge >= 0.3 is 0 Å². The smallest absolute Gasteiger partial charge is 0.212 e. The van der Waals surface area contributed by atoms with E-state index in [4.69, 9.17) is 0 Å². The minimum absolute atomic E-state index is 0.155. The Labute approximate surface area is 157 Å². The average molecular weight is 363 g/mol. The predicted octanol–water partition coefficient (Wildman–Crippen LogP) is 3.11. The first-order chi connectivity index (χ1) is 12.1. The maximum atomic E-state index is 4.41. The van der Waals surface area contributed by atoms with Crippen molar-refractivity contribution in [2.45, 2.75) is 46.2 Å². The lowest BCUT2D eigenvalue weighted by atomic mass is 9.88. The van der Waals surface area contributed by atoms with Crippen molar-refractivity contribution in [3.05, 3.63) is 54.1 Å². The predicted molar refractivity (Wildman–Crippen MR) is 110 cm³/mol. The SMILES string of the molecule is Cc1ccc2c(c1-c1ccc(C(C)(C)C)c[n+]1C)[Si](C)(C)c1cncn1-2. The fraction of sp³-hybridized carbons (Fsp3) is 0.364. The van der Waals surface area contributed by atoms with Crippen LogP contribution in [-0.2, 0) is 12.5 Å². The number of hydrogen-bond donors (Lipinski definition) is 0. The molecule has 0 fully saturated rings. The van der Waals surface area contributed by atoms with E-state index in [0.717, 1.165) is 0 Å². The summed E-state index contributed by atoms with van der Waals surface area (Å²) < 4.78 is 4.60. The van der Waals surface area contributed by atoms with Gasteiger partial charge in [0.2, 0.25) is 5.69 Å². The van der Waals surface area contributed by atoms with Crippen molar-refractivity contribution < 1.29 is 4.57 Å². The minimum Gasteiger partial charge on any atom is -0.307 e. The van der Waals surface area contributed by atoms with Crippen molar-refractivity contribution in [2.24, 2.45) is 7.05 Å². The zero-order chi connectivity index (χ0) is 18.9. The van der Waals surface area contributed by atoms with Crippen molar-refractivity contribution >= 4 is 18.6 Å². The number of aromatic nitrogens is 3. The topological polar surface area (TPSA) is 21.7 Å². The van der Waals surface area contributed by atoms with E-state index in [2.05, 4.69) is 98.6 Å². The van der Waals surface area contributed by atoms with Gasteiger partial charge in [-0.15, -0.1) is 0 Å². The van der Waals surface area contributed by atoms with Crippen molar-refractivity contribution in [3.63, 3.8) is 0 Å². The number of hydrogen-bond acceptors (Lipinski definition) is 1. The molecule has 0 atom stereocenters. The molecule has 1 aliphatic rings. The number of imidazole rings is 1. The number of benzene rings is 1. The molecule has 0 radical (unpaired) electrons. The van der Waals surface area contributed by atoms with Gasteiger partial charge in [-0.2, -0.15) is 0 Å². The third-order valence-corrected chi connectivity index (χ3v) is 9.22. The first-order valence-electron chi connectivity index (χ1n) is 9.30. The molecule has 0 bridgehead atoms. The van der Waals surface area contributed by atoms with Crippen LogP contribution < -0.4 is 15.1 Å². The molecule has 0 spiro atoms. The van der Waals surface area contributed by atoms with E-state index in [-0.39, 0.29) is 5.41 Å². The Bertz CT molecular complexity index is 1020. The van der Waals surface area contributed by atoms with Gasteiger partial charge in [-0.05, 0) is 35.2 Å². The van der Waals surface area contributed by atoms with E-state index in [9.17, 15) is 0 Å². The third kappa shape index (κ3) is 2.32. The Morgan fingerprint density at radius 2 is 1.81 bits per heavy atom. The number of pyridine rings is 1. The second-order valence-electron chi connectivity index (χ2n) is 9.09. The number of rotatable bonds is 1. The molecule has 3 nitrogen and oxygen atoms in total. The Kier molecular flexibility index (Phi) is 3.58. The fourth-order valence-electron chi connectivity index (χ4n) is 4.25. The van der Waals surface area contributed by atoms with E-state index in [1.165, 1.54) is 38.6 Å². The lowest BCUT2D eigenvalue weighted by molar-refractivity contribution is -0.661. The molecule has 0 saturated heterocycles. The van der Waals surface area contributed by atoms with Gasteiger partial charge in [0.05, 0.1) is 11.9 Å². The molecule has 0 N–H and O–H groups in total. The van der Waals surface area contributed by atoms with E-state index < -0.39 is 8.07 Å². The van der Waals surface area contributed by atoms with Gasteiger partial charge in [-0.3, -0.25) is 0 Å². The van der Waals surface area contributed by atoms with Gasteiger partial charge in [0.1, 0.15) is 15.1 Å². The summed E-state index contributed by atoms with van der Waals surface area (Å²) in [5.74, 6) is 0. The quantitative estimate of drug-likeness (QED) is 0.481. The highest BCUT2D eigenvalue weighted by molar-refractivity contribution is 7.02. The first-order valence-corrected chi connectivity index (χ1v) is 12.3. The Morgan fingerprint density at radius 3 is 2.46 bits per heavy atom. The summed E-state index contributed by atoms with van der Waals surface area (Å²) in [4.78, 5) is 4.41. The van der Waals surface area contributed by atoms with E-state index in [0.29, 0.717) is 0 Å². The lowest BCUT2D eigenvalue weighted by Gasteiger charge is -2.21. The number of aryl methyl sites for hydroxylation is 2. The maximum absolute atomic E-state index is 4.41. The van der Waals surface area contributed by atoms with Crippen LogP contribution in [0.15, 0.2) is 43.0 Å². The molecule has 3 aromatic rings. The normalized spacial score (nSPS) is 15.0. The Hall–Kier alpha value is -2.20. The van der Waals surface area contributed by atoms with Gasteiger partial charge in [-0.1, -0.05) is 39.9 Å². The van der Waals surface area contributed by atoms with Crippen LogP contribution in [0.2, 0.25) is 13.1 Å². The second-order valence-corrected chi connectivity index (χ2v) is 13.4. The van der Waals surface area contributed by atoms with Crippen molar-refractivity contribution in [2.75, 3.05) is 0 Å². The van der Waals surface area contributed by atoms with Crippen molar-refractivity contribution in [3.8, 4) is 16.9 Å². The molecule has 3 heterocycles. The summed E-state index contributed by atoms with van der Waals surface area (Å²) in [6.07, 6.45) is 6.32. The minimum atomic E-state index is -1.77. The van der Waals surface area contributed by atoms with Crippen LogP contribution in [0, 0.1) is 6.92 Å². The lowest BCUT2D eigenvalue weighted by Crippen LogP contribution is -2.51. The van der Waals surface area contributed by atoms with Gasteiger partial charge in [0.15, 0.2) is 6.20 Å². The van der Waals surface area contributed by atoms with Crippen LogP contribution in [0.3, 0.4) is 0 Å². The zero-order valence-electron chi connectivity index (χ0n) is 16.9. The summed E-state index contributed by atoms with van der Waals surface area (Å²) in [5, 5.41) is 2.93. The Balaban J connectivity index is 1.99. The first kappa shape index (κ1) is 17.2. The number of nitrogens with zero attached hydrogens (tertiary/aromatic N) is 3. The van der Waals surface area contributed by atoms with Gasteiger partial charge in [0, 0.05) is 28.8 Å². The van der Waals surface area contributed by atoms with Crippen LogP contribution >= 0.6 is 0 Å². The van der Waals surface area contributed by atoms with Crippen LogP contribution in [0.4, 0.5) is 0 Å². The monoisotopic (exact) mass is 362 g/mol. The molecular formula is C22H28N3Si+. The number of fused-ring (bicyclic) bond motifs is 3. The second kappa shape index (κ2) is 5.40. The molecule has 1 aromatic carbocycles. The molecule has 2 aromatic heterocycles. The summed E-state index contributed by atoms with van der Waals surface area (Å²) in [6.45, 7) is 13.9. The molecule has 0 aliphatic carbocycles. The maximum Gasteiger partial charge on any atom is 0.212 e. The average Bonchev–Trinajstić information content (AvgIpc) is 3.10. The summed E-state index contributed by atoms with van der Waals surface area (Å²) in [5.41, 5.74) is 6.89. The van der Waals surface area contributed by atoms with Crippen molar-refractivity contribution in [1.29, 1.82) is 0 Å². The molecule has 0 amide bonds. The summed E-state index contributed by atoms with van der Waals surface area (Å²) in [7, 11) is 0.401. The van der Waals surface area contributed by atoms with E-state index >= 15 is 0 Å². The molecule has 0 saturated carbocycles. The van der Waals surface area contributed by atoms with Crippen LogP contribution in [-0.4, -0.2) is 17.6 Å². The summed E-state index contributed by atoms with van der Waals surface area (Å²) >= 11 is 0. The zero-order valence-corrected chi connectivity index (χ0v) is 17.9. The largest absolute Gasteiger partial charge is 0.307 e. The van der Waals surface area contributed by atoms with Crippen LogP contribution in [0.25, 0.3) is 16.9 Å².